The highest BCUT2D eigenvalue weighted by Gasteiger charge is 2.22. The van der Waals surface area contributed by atoms with E-state index < -0.39 is 0 Å². The molecule has 4 heteroatoms. The number of phenolic OH excluding ortho intramolecular Hbond substituents is 1. The van der Waals surface area contributed by atoms with Gasteiger partial charge >= 0.3 is 0 Å². The number of benzene rings is 1. The number of hydrogen-bond acceptors (Lipinski definition) is 3. The lowest BCUT2D eigenvalue weighted by atomic mass is 9.94. The smallest absolute Gasteiger partial charge is 0.121 e. The maximum atomic E-state index is 9.88. The summed E-state index contributed by atoms with van der Waals surface area (Å²) in [4.78, 5) is 2.50. The third-order valence-electron chi connectivity index (χ3n) is 4.42. The lowest BCUT2D eigenvalue weighted by Crippen LogP contribution is -2.34. The van der Waals surface area contributed by atoms with Gasteiger partial charge in [-0.25, -0.2) is 0 Å². The first-order valence-electron chi connectivity index (χ1n) is 7.64. The van der Waals surface area contributed by atoms with Gasteiger partial charge in [0, 0.05) is 30.9 Å². The largest absolute Gasteiger partial charge is 0.507 e. The van der Waals surface area contributed by atoms with Gasteiger partial charge in [0.2, 0.25) is 0 Å². The van der Waals surface area contributed by atoms with Crippen molar-refractivity contribution >= 4 is 0 Å². The van der Waals surface area contributed by atoms with Crippen LogP contribution in [0.25, 0.3) is 0 Å². The van der Waals surface area contributed by atoms with Gasteiger partial charge in [-0.3, -0.25) is 10.00 Å². The fourth-order valence-electron chi connectivity index (χ4n) is 3.34. The number of likely N-dealkylation sites (tertiary alicyclic amines) is 1. The molecule has 0 radical (unpaired) electrons. The molecule has 4 nitrogen and oxygen atoms in total. The lowest BCUT2D eigenvalue weighted by Gasteiger charge is -2.32. The molecule has 1 aromatic carbocycles. The first-order valence-corrected chi connectivity index (χ1v) is 7.64. The summed E-state index contributed by atoms with van der Waals surface area (Å²) < 4.78 is 0. The molecule has 1 atom stereocenters. The van der Waals surface area contributed by atoms with E-state index in [0.717, 1.165) is 30.8 Å². The third-order valence-corrected chi connectivity index (χ3v) is 4.42. The summed E-state index contributed by atoms with van der Waals surface area (Å²) in [6.45, 7) is 7.10. The third kappa shape index (κ3) is 3.10. The molecular weight excluding hydrogens is 262 g/mol. The summed E-state index contributed by atoms with van der Waals surface area (Å²) in [7, 11) is 0. The number of H-pyrrole nitrogens is 1. The van der Waals surface area contributed by atoms with Crippen LogP contribution >= 0.6 is 0 Å². The number of aromatic amines is 1. The van der Waals surface area contributed by atoms with Crippen molar-refractivity contribution in [2.75, 3.05) is 13.1 Å². The summed E-state index contributed by atoms with van der Waals surface area (Å²) in [5.74, 6) is 0.980. The van der Waals surface area contributed by atoms with Gasteiger partial charge < -0.3 is 5.11 Å². The van der Waals surface area contributed by atoms with Crippen molar-refractivity contribution in [1.29, 1.82) is 0 Å². The van der Waals surface area contributed by atoms with Gasteiger partial charge in [0.1, 0.15) is 5.75 Å². The fourth-order valence-corrected chi connectivity index (χ4v) is 3.34. The van der Waals surface area contributed by atoms with Crippen LogP contribution in [-0.2, 0) is 6.54 Å². The second-order valence-corrected chi connectivity index (χ2v) is 6.16. The van der Waals surface area contributed by atoms with Crippen molar-refractivity contribution in [2.24, 2.45) is 0 Å². The Balaban J connectivity index is 1.70. The molecule has 1 fully saturated rings. The molecular formula is C17H23N3O. The fraction of sp³-hybridized carbons (Fsp3) is 0.471. The molecule has 2 aromatic rings. The molecule has 3 rings (SSSR count). The first-order chi connectivity index (χ1) is 10.1. The zero-order valence-electron chi connectivity index (χ0n) is 12.8. The monoisotopic (exact) mass is 285 g/mol. The summed E-state index contributed by atoms with van der Waals surface area (Å²) >= 11 is 0. The Morgan fingerprint density at radius 3 is 2.76 bits per heavy atom. The molecule has 0 aliphatic carbocycles. The molecule has 0 bridgehead atoms. The standard InChI is InChI=1S/C17H23N3O/c1-12-8-14(9-13(2)17(12)21)10-20-7-3-4-15(11-20)16-5-6-18-19-16/h5-6,8-9,15,21H,3-4,7,10-11H2,1-2H3,(H,18,19)/t15-/m0/s1. The van der Waals surface area contributed by atoms with Crippen LogP contribution in [0.2, 0.25) is 0 Å². The van der Waals surface area contributed by atoms with Gasteiger partial charge in [-0.05, 0) is 56.0 Å². The molecule has 1 aromatic heterocycles. The Labute approximate surface area is 125 Å². The molecule has 112 valence electrons. The molecule has 0 saturated carbocycles. The van der Waals surface area contributed by atoms with Crippen molar-refractivity contribution in [3.05, 3.63) is 46.8 Å². The predicted molar refractivity (Wildman–Crippen MR) is 83.4 cm³/mol. The highest BCUT2D eigenvalue weighted by atomic mass is 16.3. The van der Waals surface area contributed by atoms with E-state index in [0.29, 0.717) is 11.7 Å². The van der Waals surface area contributed by atoms with Crippen LogP contribution in [0, 0.1) is 13.8 Å². The van der Waals surface area contributed by atoms with E-state index in [9.17, 15) is 5.11 Å². The Morgan fingerprint density at radius 2 is 2.10 bits per heavy atom. The van der Waals surface area contributed by atoms with Crippen LogP contribution < -0.4 is 0 Å². The second kappa shape index (κ2) is 5.90. The topological polar surface area (TPSA) is 52.2 Å². The highest BCUT2D eigenvalue weighted by molar-refractivity contribution is 5.42. The van der Waals surface area contributed by atoms with Crippen molar-refractivity contribution in [3.8, 4) is 5.75 Å². The molecule has 1 aliphatic rings. The molecule has 0 spiro atoms. The van der Waals surface area contributed by atoms with E-state index in [1.807, 2.05) is 20.0 Å². The van der Waals surface area contributed by atoms with Crippen LogP contribution in [-0.4, -0.2) is 33.3 Å². The number of aryl methyl sites for hydroxylation is 2. The van der Waals surface area contributed by atoms with Crippen molar-refractivity contribution in [1.82, 2.24) is 15.1 Å². The minimum Gasteiger partial charge on any atom is -0.507 e. The van der Waals surface area contributed by atoms with Crippen LogP contribution in [0.1, 0.15) is 41.1 Å². The van der Waals surface area contributed by atoms with Crippen molar-refractivity contribution < 1.29 is 5.11 Å². The van der Waals surface area contributed by atoms with Gasteiger partial charge in [-0.2, -0.15) is 5.10 Å². The number of aromatic nitrogens is 2. The first kappa shape index (κ1) is 14.1. The minimum absolute atomic E-state index is 0.424. The van der Waals surface area contributed by atoms with Crippen LogP contribution in [0.3, 0.4) is 0 Å². The van der Waals surface area contributed by atoms with Gasteiger partial charge in [-0.1, -0.05) is 12.1 Å². The Hall–Kier alpha value is -1.81. The zero-order valence-corrected chi connectivity index (χ0v) is 12.8. The maximum Gasteiger partial charge on any atom is 0.121 e. The van der Waals surface area contributed by atoms with Crippen LogP contribution in [0.15, 0.2) is 24.4 Å². The second-order valence-electron chi connectivity index (χ2n) is 6.16. The minimum atomic E-state index is 0.424. The molecule has 0 amide bonds. The van der Waals surface area contributed by atoms with E-state index in [2.05, 4.69) is 33.3 Å². The van der Waals surface area contributed by atoms with E-state index >= 15 is 0 Å². The van der Waals surface area contributed by atoms with Crippen LogP contribution in [0.5, 0.6) is 5.75 Å². The molecule has 1 saturated heterocycles. The molecule has 2 heterocycles. The number of phenols is 1. The molecule has 0 unspecified atom stereocenters. The predicted octanol–water partition coefficient (Wildman–Crippen LogP) is 3.11. The van der Waals surface area contributed by atoms with E-state index in [1.165, 1.54) is 24.1 Å². The van der Waals surface area contributed by atoms with Gasteiger partial charge in [0.25, 0.3) is 0 Å². The number of rotatable bonds is 3. The molecule has 2 N–H and O–H groups in total. The number of aromatic hydroxyl groups is 1. The van der Waals surface area contributed by atoms with E-state index in [1.54, 1.807) is 0 Å². The Morgan fingerprint density at radius 1 is 1.33 bits per heavy atom. The Kier molecular flexibility index (Phi) is 3.97. The highest BCUT2D eigenvalue weighted by Crippen LogP contribution is 2.28. The van der Waals surface area contributed by atoms with E-state index in [4.69, 9.17) is 0 Å². The molecule has 1 aliphatic heterocycles. The average molecular weight is 285 g/mol. The van der Waals surface area contributed by atoms with Gasteiger partial charge in [0.15, 0.2) is 0 Å². The molecule has 21 heavy (non-hydrogen) atoms. The van der Waals surface area contributed by atoms with Crippen molar-refractivity contribution in [2.45, 2.75) is 39.2 Å². The summed E-state index contributed by atoms with van der Waals surface area (Å²) in [5.41, 5.74) is 4.46. The summed E-state index contributed by atoms with van der Waals surface area (Å²) in [6.07, 6.45) is 4.28. The number of piperidine rings is 1. The van der Waals surface area contributed by atoms with Crippen LogP contribution in [0.4, 0.5) is 0 Å². The zero-order chi connectivity index (χ0) is 14.8. The van der Waals surface area contributed by atoms with E-state index in [-0.39, 0.29) is 0 Å². The normalized spacial score (nSPS) is 19.8. The Bertz CT molecular complexity index is 583. The van der Waals surface area contributed by atoms with Gasteiger partial charge in [0.05, 0.1) is 0 Å². The number of nitrogens with zero attached hydrogens (tertiary/aromatic N) is 2. The number of hydrogen-bond donors (Lipinski definition) is 2. The average Bonchev–Trinajstić information content (AvgIpc) is 2.99. The quantitative estimate of drug-likeness (QED) is 0.911. The number of nitrogens with one attached hydrogen (secondary N) is 1. The maximum absolute atomic E-state index is 9.88. The summed E-state index contributed by atoms with van der Waals surface area (Å²) in [6, 6.07) is 6.29. The van der Waals surface area contributed by atoms with Gasteiger partial charge in [-0.15, -0.1) is 0 Å². The summed E-state index contributed by atoms with van der Waals surface area (Å²) in [5, 5.41) is 17.1. The van der Waals surface area contributed by atoms with Crippen molar-refractivity contribution in [3.63, 3.8) is 0 Å². The SMILES string of the molecule is Cc1cc(CN2CCC[C@H](c3ccn[nH]3)C2)cc(C)c1O. The lowest BCUT2D eigenvalue weighted by molar-refractivity contribution is 0.198.